The van der Waals surface area contributed by atoms with E-state index < -0.39 is 0 Å². The molecule has 1 atom stereocenters. The Balaban J connectivity index is 2.40. The third-order valence-electron chi connectivity index (χ3n) is 3.96. The number of methoxy groups -OCH3 is 1. The van der Waals surface area contributed by atoms with E-state index in [1.807, 2.05) is 0 Å². The predicted octanol–water partition coefficient (Wildman–Crippen LogP) is 3.06. The van der Waals surface area contributed by atoms with Gasteiger partial charge >= 0.3 is 0 Å². The zero-order chi connectivity index (χ0) is 14.2. The maximum absolute atomic E-state index is 5.75. The van der Waals surface area contributed by atoms with Gasteiger partial charge in [0.2, 0.25) is 0 Å². The molecule has 0 saturated carbocycles. The van der Waals surface area contributed by atoms with Crippen LogP contribution in [-0.4, -0.2) is 25.9 Å². The molecule has 1 unspecified atom stereocenters. The van der Waals surface area contributed by atoms with Gasteiger partial charge in [-0.25, -0.2) is 0 Å². The Morgan fingerprint density at radius 1 is 1.26 bits per heavy atom. The summed E-state index contributed by atoms with van der Waals surface area (Å²) in [5.41, 5.74) is 5.05. The number of morpholine rings is 1. The Morgan fingerprint density at radius 3 is 2.53 bits per heavy atom. The number of ether oxygens (including phenoxy) is 2. The number of hydrogen-bond donors (Lipinski definition) is 1. The summed E-state index contributed by atoms with van der Waals surface area (Å²) in [4.78, 5) is 0. The van der Waals surface area contributed by atoms with Gasteiger partial charge in [0.05, 0.1) is 26.4 Å². The van der Waals surface area contributed by atoms with Crippen LogP contribution in [0.5, 0.6) is 5.75 Å². The molecule has 1 fully saturated rings. The zero-order valence-electron chi connectivity index (χ0n) is 12.9. The Bertz CT molecular complexity index is 480. The van der Waals surface area contributed by atoms with Gasteiger partial charge in [-0.15, -0.1) is 0 Å². The quantitative estimate of drug-likeness (QED) is 0.889. The first kappa shape index (κ1) is 14.4. The minimum atomic E-state index is 0.0249. The Kier molecular flexibility index (Phi) is 3.88. The predicted molar refractivity (Wildman–Crippen MR) is 78.0 cm³/mol. The lowest BCUT2D eigenvalue weighted by atomic mass is 9.91. The zero-order valence-corrected chi connectivity index (χ0v) is 12.9. The molecule has 19 heavy (non-hydrogen) atoms. The van der Waals surface area contributed by atoms with Crippen LogP contribution in [0, 0.1) is 20.8 Å². The molecule has 1 aromatic rings. The molecule has 1 saturated heterocycles. The number of rotatable bonds is 2. The van der Waals surface area contributed by atoms with Gasteiger partial charge in [0.15, 0.2) is 0 Å². The van der Waals surface area contributed by atoms with Gasteiger partial charge in [0.25, 0.3) is 0 Å². The number of hydrogen-bond acceptors (Lipinski definition) is 3. The van der Waals surface area contributed by atoms with Gasteiger partial charge in [0, 0.05) is 5.54 Å². The number of benzene rings is 1. The van der Waals surface area contributed by atoms with E-state index in [2.05, 4.69) is 46.0 Å². The second-order valence-electron chi connectivity index (χ2n) is 6.16. The van der Waals surface area contributed by atoms with Crippen molar-refractivity contribution in [2.45, 2.75) is 46.2 Å². The lowest BCUT2D eigenvalue weighted by molar-refractivity contribution is 0.0125. The van der Waals surface area contributed by atoms with Crippen LogP contribution in [0.15, 0.2) is 6.07 Å². The van der Waals surface area contributed by atoms with Crippen molar-refractivity contribution in [2.24, 2.45) is 0 Å². The lowest BCUT2D eigenvalue weighted by Crippen LogP contribution is -2.51. The lowest BCUT2D eigenvalue weighted by Gasteiger charge is -2.38. The Hall–Kier alpha value is -1.06. The molecular formula is C16H25NO2. The van der Waals surface area contributed by atoms with E-state index in [9.17, 15) is 0 Å². The molecule has 3 nitrogen and oxygen atoms in total. The number of nitrogens with one attached hydrogen (secondary N) is 1. The third-order valence-corrected chi connectivity index (χ3v) is 3.96. The summed E-state index contributed by atoms with van der Waals surface area (Å²) in [5, 5.41) is 3.68. The van der Waals surface area contributed by atoms with Gasteiger partial charge in [-0.05, 0) is 56.9 Å². The van der Waals surface area contributed by atoms with E-state index in [1.54, 1.807) is 7.11 Å². The number of aryl methyl sites for hydroxylation is 1. The van der Waals surface area contributed by atoms with Crippen LogP contribution >= 0.6 is 0 Å². The fourth-order valence-corrected chi connectivity index (χ4v) is 2.92. The maximum atomic E-state index is 5.75. The van der Waals surface area contributed by atoms with Gasteiger partial charge < -0.3 is 14.8 Å². The SMILES string of the molecule is COc1c(C)cc(C2COCC(C)(C)N2)c(C)c1C. The first-order valence-corrected chi connectivity index (χ1v) is 6.86. The van der Waals surface area contributed by atoms with Crippen molar-refractivity contribution in [1.29, 1.82) is 0 Å². The van der Waals surface area contributed by atoms with E-state index in [4.69, 9.17) is 9.47 Å². The fourth-order valence-electron chi connectivity index (χ4n) is 2.92. The molecule has 0 bridgehead atoms. The average molecular weight is 263 g/mol. The summed E-state index contributed by atoms with van der Waals surface area (Å²) in [6.45, 7) is 12.2. The van der Waals surface area contributed by atoms with Crippen LogP contribution in [0.25, 0.3) is 0 Å². The summed E-state index contributed by atoms with van der Waals surface area (Å²) >= 11 is 0. The molecule has 3 heteroatoms. The van der Waals surface area contributed by atoms with Crippen molar-refractivity contribution in [3.8, 4) is 5.75 Å². The molecule has 0 aromatic heterocycles. The van der Waals surface area contributed by atoms with Gasteiger partial charge in [0.1, 0.15) is 5.75 Å². The topological polar surface area (TPSA) is 30.5 Å². The molecule has 1 aliphatic heterocycles. The van der Waals surface area contributed by atoms with Gasteiger partial charge in [-0.1, -0.05) is 6.07 Å². The van der Waals surface area contributed by atoms with Crippen molar-refractivity contribution in [3.63, 3.8) is 0 Å². The molecule has 0 radical (unpaired) electrons. The molecule has 1 aliphatic rings. The molecule has 2 rings (SSSR count). The summed E-state index contributed by atoms with van der Waals surface area (Å²) in [7, 11) is 1.74. The molecular weight excluding hydrogens is 238 g/mol. The normalized spacial score (nSPS) is 22.3. The maximum Gasteiger partial charge on any atom is 0.124 e. The van der Waals surface area contributed by atoms with E-state index >= 15 is 0 Å². The van der Waals surface area contributed by atoms with Crippen molar-refractivity contribution in [2.75, 3.05) is 20.3 Å². The molecule has 1 aromatic carbocycles. The highest BCUT2D eigenvalue weighted by Crippen LogP contribution is 2.33. The second-order valence-corrected chi connectivity index (χ2v) is 6.16. The summed E-state index contributed by atoms with van der Waals surface area (Å²) in [6.07, 6.45) is 0. The minimum absolute atomic E-state index is 0.0249. The van der Waals surface area contributed by atoms with E-state index in [1.165, 1.54) is 22.3 Å². The average Bonchev–Trinajstić information content (AvgIpc) is 2.33. The fraction of sp³-hybridized carbons (Fsp3) is 0.625. The van der Waals surface area contributed by atoms with Crippen LogP contribution in [-0.2, 0) is 4.74 Å². The smallest absolute Gasteiger partial charge is 0.124 e. The molecule has 1 heterocycles. The van der Waals surface area contributed by atoms with E-state index in [0.29, 0.717) is 0 Å². The highest BCUT2D eigenvalue weighted by atomic mass is 16.5. The molecule has 106 valence electrons. The van der Waals surface area contributed by atoms with Crippen molar-refractivity contribution in [3.05, 3.63) is 28.3 Å². The van der Waals surface area contributed by atoms with Crippen LogP contribution < -0.4 is 10.1 Å². The summed E-state index contributed by atoms with van der Waals surface area (Å²) < 4.78 is 11.2. The third kappa shape index (κ3) is 2.77. The molecule has 0 spiro atoms. The monoisotopic (exact) mass is 263 g/mol. The van der Waals surface area contributed by atoms with E-state index in [0.717, 1.165) is 19.0 Å². The van der Waals surface area contributed by atoms with Crippen LogP contribution in [0.4, 0.5) is 0 Å². The second kappa shape index (κ2) is 5.14. The van der Waals surface area contributed by atoms with Crippen LogP contribution in [0.2, 0.25) is 0 Å². The minimum Gasteiger partial charge on any atom is -0.496 e. The molecule has 1 N–H and O–H groups in total. The largest absolute Gasteiger partial charge is 0.496 e. The van der Waals surface area contributed by atoms with Crippen LogP contribution in [0.3, 0.4) is 0 Å². The van der Waals surface area contributed by atoms with Crippen molar-refractivity contribution >= 4 is 0 Å². The highest BCUT2D eigenvalue weighted by Gasteiger charge is 2.30. The first-order valence-electron chi connectivity index (χ1n) is 6.86. The molecule has 0 aliphatic carbocycles. The highest BCUT2D eigenvalue weighted by molar-refractivity contribution is 5.50. The van der Waals surface area contributed by atoms with Crippen molar-refractivity contribution < 1.29 is 9.47 Å². The van der Waals surface area contributed by atoms with Gasteiger partial charge in [-0.3, -0.25) is 0 Å². The summed E-state index contributed by atoms with van der Waals surface area (Å²) in [5.74, 6) is 0.997. The first-order chi connectivity index (χ1) is 8.85. The van der Waals surface area contributed by atoms with Crippen LogP contribution in [0.1, 0.15) is 42.1 Å². The Labute approximate surface area is 116 Å². The van der Waals surface area contributed by atoms with E-state index in [-0.39, 0.29) is 11.6 Å². The summed E-state index contributed by atoms with van der Waals surface area (Å²) in [6, 6.07) is 2.48. The van der Waals surface area contributed by atoms with Gasteiger partial charge in [-0.2, -0.15) is 0 Å². The van der Waals surface area contributed by atoms with Crippen molar-refractivity contribution in [1.82, 2.24) is 5.32 Å². The standard InChI is InChI=1S/C16H25NO2/c1-10-7-13(11(2)12(3)15(10)18-6)14-8-19-9-16(4,5)17-14/h7,14,17H,8-9H2,1-6H3. The Morgan fingerprint density at radius 2 is 1.95 bits per heavy atom. The molecule has 0 amide bonds.